The molecule has 0 heterocycles. The lowest BCUT2D eigenvalue weighted by atomic mass is 9.60. The zero-order chi connectivity index (χ0) is 20.9. The Morgan fingerprint density at radius 3 is 2.30 bits per heavy atom. The molecule has 166 valence electrons. The molecule has 1 aromatic rings. The molecule has 0 saturated heterocycles. The first kappa shape index (κ1) is 21.9. The van der Waals surface area contributed by atoms with E-state index in [-0.39, 0.29) is 5.82 Å². The average molecular weight is 415 g/mol. The summed E-state index contributed by atoms with van der Waals surface area (Å²) in [6, 6.07) is 5.44. The standard InChI is InChI=1S/C27H39FO2/c1-3-15-30-25-13-14-26(27(28)18-25)23-8-7-21-16-20(5-6-22(21)17-23)19-9-11-24(12-10-19)29-4-2/h3,13-14,18-24H,1,4-12,15-17H2,2H3. The third kappa shape index (κ3) is 5.10. The van der Waals surface area contributed by atoms with E-state index in [1.165, 1.54) is 51.4 Å². The van der Waals surface area contributed by atoms with E-state index in [1.807, 2.05) is 12.1 Å². The number of fused-ring (bicyclic) bond motifs is 1. The molecule has 4 rings (SSSR count). The van der Waals surface area contributed by atoms with Crippen molar-refractivity contribution in [3.8, 4) is 5.75 Å². The number of hydrogen-bond donors (Lipinski definition) is 0. The van der Waals surface area contributed by atoms with Crippen LogP contribution < -0.4 is 4.74 Å². The molecular formula is C27H39FO2. The molecular weight excluding hydrogens is 375 g/mol. The molecule has 1 aromatic carbocycles. The van der Waals surface area contributed by atoms with Gasteiger partial charge in [0.15, 0.2) is 0 Å². The summed E-state index contributed by atoms with van der Waals surface area (Å²) in [4.78, 5) is 0. The molecule has 2 nitrogen and oxygen atoms in total. The summed E-state index contributed by atoms with van der Waals surface area (Å²) in [5, 5.41) is 0. The van der Waals surface area contributed by atoms with Gasteiger partial charge in [-0.1, -0.05) is 18.7 Å². The SMILES string of the molecule is C=CCOc1ccc(C2CCC3CC(C4CCC(OCC)CC4)CCC3C2)c(F)c1. The predicted molar refractivity (Wildman–Crippen MR) is 120 cm³/mol. The van der Waals surface area contributed by atoms with Gasteiger partial charge in [0.05, 0.1) is 6.10 Å². The molecule has 3 heteroatoms. The molecule has 3 fully saturated rings. The van der Waals surface area contributed by atoms with Crippen LogP contribution >= 0.6 is 0 Å². The molecule has 0 spiro atoms. The normalized spacial score (nSPS) is 34.2. The molecule has 3 saturated carbocycles. The van der Waals surface area contributed by atoms with Crippen molar-refractivity contribution in [1.82, 2.24) is 0 Å². The number of rotatable bonds is 7. The van der Waals surface area contributed by atoms with E-state index in [0.717, 1.165) is 48.7 Å². The lowest BCUT2D eigenvalue weighted by molar-refractivity contribution is 0.00578. The third-order valence-electron chi connectivity index (χ3n) is 8.22. The van der Waals surface area contributed by atoms with Crippen molar-refractivity contribution in [3.05, 3.63) is 42.2 Å². The van der Waals surface area contributed by atoms with E-state index < -0.39 is 0 Å². The molecule has 0 N–H and O–H groups in total. The second-order valence-electron chi connectivity index (χ2n) is 9.88. The van der Waals surface area contributed by atoms with Crippen LogP contribution in [-0.4, -0.2) is 19.3 Å². The summed E-state index contributed by atoms with van der Waals surface area (Å²) in [5.41, 5.74) is 0.899. The van der Waals surface area contributed by atoms with E-state index in [9.17, 15) is 4.39 Å². The van der Waals surface area contributed by atoms with E-state index in [2.05, 4.69) is 13.5 Å². The average Bonchev–Trinajstić information content (AvgIpc) is 2.78. The van der Waals surface area contributed by atoms with Gasteiger partial charge in [-0.3, -0.25) is 0 Å². The molecule has 0 radical (unpaired) electrons. The second-order valence-corrected chi connectivity index (χ2v) is 9.88. The van der Waals surface area contributed by atoms with Gasteiger partial charge in [-0.2, -0.15) is 0 Å². The van der Waals surface area contributed by atoms with Gasteiger partial charge in [0, 0.05) is 12.7 Å². The van der Waals surface area contributed by atoms with Crippen LogP contribution in [0.3, 0.4) is 0 Å². The summed E-state index contributed by atoms with van der Waals surface area (Å²) in [7, 11) is 0. The van der Waals surface area contributed by atoms with Crippen molar-refractivity contribution >= 4 is 0 Å². The Balaban J connectivity index is 1.30. The smallest absolute Gasteiger partial charge is 0.130 e. The van der Waals surface area contributed by atoms with Crippen molar-refractivity contribution in [2.45, 2.75) is 83.2 Å². The maximum atomic E-state index is 14.8. The minimum Gasteiger partial charge on any atom is -0.489 e. The fourth-order valence-electron chi connectivity index (χ4n) is 6.68. The van der Waals surface area contributed by atoms with E-state index in [1.54, 1.807) is 12.1 Å². The van der Waals surface area contributed by atoms with Gasteiger partial charge >= 0.3 is 0 Å². The van der Waals surface area contributed by atoms with Crippen molar-refractivity contribution in [3.63, 3.8) is 0 Å². The summed E-state index contributed by atoms with van der Waals surface area (Å²) in [6.45, 7) is 7.03. The van der Waals surface area contributed by atoms with E-state index in [4.69, 9.17) is 9.47 Å². The maximum Gasteiger partial charge on any atom is 0.130 e. The van der Waals surface area contributed by atoms with Gasteiger partial charge < -0.3 is 9.47 Å². The van der Waals surface area contributed by atoms with Crippen molar-refractivity contribution < 1.29 is 13.9 Å². The molecule has 4 unspecified atom stereocenters. The summed E-state index contributed by atoms with van der Waals surface area (Å²) in [6.07, 6.45) is 15.2. The van der Waals surface area contributed by atoms with Crippen molar-refractivity contribution in [2.24, 2.45) is 23.7 Å². The lowest BCUT2D eigenvalue weighted by Gasteiger charge is -2.45. The molecule has 3 aliphatic carbocycles. The number of hydrogen-bond acceptors (Lipinski definition) is 2. The van der Waals surface area contributed by atoms with Crippen LogP contribution in [0.1, 0.15) is 82.6 Å². The highest BCUT2D eigenvalue weighted by atomic mass is 19.1. The van der Waals surface area contributed by atoms with Crippen LogP contribution in [0.5, 0.6) is 5.75 Å². The Bertz CT molecular complexity index is 694. The van der Waals surface area contributed by atoms with Gasteiger partial charge in [0.1, 0.15) is 18.2 Å². The maximum absolute atomic E-state index is 14.8. The van der Waals surface area contributed by atoms with Gasteiger partial charge in [-0.15, -0.1) is 0 Å². The topological polar surface area (TPSA) is 18.5 Å². The number of halogens is 1. The first-order chi connectivity index (χ1) is 14.7. The Kier molecular flexibility index (Phi) is 7.51. The number of ether oxygens (including phenoxy) is 2. The minimum atomic E-state index is -0.0974. The summed E-state index contributed by atoms with van der Waals surface area (Å²) < 4.78 is 26.1. The predicted octanol–water partition coefficient (Wildman–Crippen LogP) is 7.29. The van der Waals surface area contributed by atoms with Crippen molar-refractivity contribution in [2.75, 3.05) is 13.2 Å². The Hall–Kier alpha value is -1.35. The highest BCUT2D eigenvalue weighted by Gasteiger charge is 2.39. The largest absolute Gasteiger partial charge is 0.489 e. The molecule has 0 bridgehead atoms. The quantitative estimate of drug-likeness (QED) is 0.436. The van der Waals surface area contributed by atoms with Crippen molar-refractivity contribution in [1.29, 1.82) is 0 Å². The van der Waals surface area contributed by atoms with E-state index in [0.29, 0.717) is 24.4 Å². The molecule has 0 amide bonds. The first-order valence-corrected chi connectivity index (χ1v) is 12.3. The molecule has 4 atom stereocenters. The highest BCUT2D eigenvalue weighted by molar-refractivity contribution is 5.31. The first-order valence-electron chi connectivity index (χ1n) is 12.3. The van der Waals surface area contributed by atoms with Gasteiger partial charge in [-0.05, 0) is 112 Å². The Morgan fingerprint density at radius 2 is 1.60 bits per heavy atom. The zero-order valence-corrected chi connectivity index (χ0v) is 18.7. The Labute approximate surface area is 182 Å². The fraction of sp³-hybridized carbons (Fsp3) is 0.704. The van der Waals surface area contributed by atoms with Crippen LogP contribution in [0.4, 0.5) is 4.39 Å². The van der Waals surface area contributed by atoms with Gasteiger partial charge in [0.25, 0.3) is 0 Å². The van der Waals surface area contributed by atoms with Crippen LogP contribution in [0, 0.1) is 29.5 Å². The van der Waals surface area contributed by atoms with Crippen LogP contribution in [0.15, 0.2) is 30.9 Å². The zero-order valence-electron chi connectivity index (χ0n) is 18.7. The second kappa shape index (κ2) is 10.3. The summed E-state index contributed by atoms with van der Waals surface area (Å²) >= 11 is 0. The monoisotopic (exact) mass is 414 g/mol. The molecule has 30 heavy (non-hydrogen) atoms. The molecule has 3 aliphatic rings. The van der Waals surface area contributed by atoms with Gasteiger partial charge in [-0.25, -0.2) is 4.39 Å². The highest BCUT2D eigenvalue weighted by Crippen LogP contribution is 2.51. The summed E-state index contributed by atoms with van der Waals surface area (Å²) in [5.74, 6) is 4.37. The van der Waals surface area contributed by atoms with Crippen LogP contribution in [-0.2, 0) is 4.74 Å². The molecule has 0 aliphatic heterocycles. The van der Waals surface area contributed by atoms with Crippen LogP contribution in [0.2, 0.25) is 0 Å². The Morgan fingerprint density at radius 1 is 0.933 bits per heavy atom. The molecule has 0 aromatic heterocycles. The van der Waals surface area contributed by atoms with Gasteiger partial charge in [0.2, 0.25) is 0 Å². The lowest BCUT2D eigenvalue weighted by Crippen LogP contribution is -2.35. The third-order valence-corrected chi connectivity index (χ3v) is 8.22. The van der Waals surface area contributed by atoms with E-state index >= 15 is 0 Å². The fourth-order valence-corrected chi connectivity index (χ4v) is 6.68. The minimum absolute atomic E-state index is 0.0974. The van der Waals surface area contributed by atoms with Crippen LogP contribution in [0.25, 0.3) is 0 Å². The number of benzene rings is 1.